The second-order valence-corrected chi connectivity index (χ2v) is 5.06. The number of rotatable bonds is 8. The van der Waals surface area contributed by atoms with Crippen LogP contribution in [0.1, 0.15) is 44.2 Å². The van der Waals surface area contributed by atoms with E-state index in [1.165, 1.54) is 5.56 Å². The van der Waals surface area contributed by atoms with Crippen LogP contribution in [0.25, 0.3) is 6.08 Å². The smallest absolute Gasteiger partial charge is 0.126 e. The number of hydrogen-bond donors (Lipinski definition) is 0. The lowest BCUT2D eigenvalue weighted by Gasteiger charge is -2.06. The second-order valence-electron chi connectivity index (χ2n) is 5.06. The van der Waals surface area contributed by atoms with Gasteiger partial charge in [0.05, 0.1) is 13.2 Å². The first kappa shape index (κ1) is 15.8. The Morgan fingerprint density at radius 3 is 2.68 bits per heavy atom. The monoisotopic (exact) mass is 262 g/mol. The van der Waals surface area contributed by atoms with Crippen LogP contribution in [0.15, 0.2) is 24.3 Å². The van der Waals surface area contributed by atoms with Crippen molar-refractivity contribution in [2.45, 2.75) is 46.1 Å². The lowest BCUT2D eigenvalue weighted by molar-refractivity contribution is 0.0762. The fraction of sp³-hybridized carbons (Fsp3) is 0.529. The standard InChI is InChI=1S/C17H26O2/c1-14(2)19-12-8-6-5-7-9-16-13-15(3)10-11-17(16)18-4/h7,9-11,13-14H,5-6,8,12H2,1-4H3/b9-7+. The van der Waals surface area contributed by atoms with Crippen molar-refractivity contribution in [1.82, 2.24) is 0 Å². The van der Waals surface area contributed by atoms with E-state index in [0.29, 0.717) is 6.10 Å². The molecule has 0 atom stereocenters. The van der Waals surface area contributed by atoms with E-state index in [0.717, 1.165) is 37.2 Å². The number of allylic oxidation sites excluding steroid dienone is 1. The molecule has 0 aromatic heterocycles. The van der Waals surface area contributed by atoms with E-state index in [2.05, 4.69) is 45.1 Å². The molecule has 1 aromatic carbocycles. The second kappa shape index (κ2) is 8.76. The van der Waals surface area contributed by atoms with Gasteiger partial charge in [-0.15, -0.1) is 0 Å². The summed E-state index contributed by atoms with van der Waals surface area (Å²) in [5, 5.41) is 0. The predicted molar refractivity (Wildman–Crippen MR) is 81.7 cm³/mol. The maximum absolute atomic E-state index is 5.51. The van der Waals surface area contributed by atoms with E-state index in [4.69, 9.17) is 9.47 Å². The topological polar surface area (TPSA) is 18.5 Å². The Morgan fingerprint density at radius 1 is 1.21 bits per heavy atom. The molecule has 0 amide bonds. The van der Waals surface area contributed by atoms with Gasteiger partial charge in [0.1, 0.15) is 5.75 Å². The molecule has 0 saturated heterocycles. The lowest BCUT2D eigenvalue weighted by atomic mass is 10.1. The van der Waals surface area contributed by atoms with Crippen LogP contribution in [0.2, 0.25) is 0 Å². The summed E-state index contributed by atoms with van der Waals surface area (Å²) in [5.41, 5.74) is 2.41. The van der Waals surface area contributed by atoms with Gasteiger partial charge < -0.3 is 9.47 Å². The molecule has 1 rings (SSSR count). The molecule has 0 saturated carbocycles. The average molecular weight is 262 g/mol. The number of unbranched alkanes of at least 4 members (excludes halogenated alkanes) is 2. The summed E-state index contributed by atoms with van der Waals surface area (Å²) in [7, 11) is 1.71. The Kier molecular flexibility index (Phi) is 7.27. The summed E-state index contributed by atoms with van der Waals surface area (Å²) in [6.07, 6.45) is 8.07. The van der Waals surface area contributed by atoms with Gasteiger partial charge in [-0.25, -0.2) is 0 Å². The molecular weight excluding hydrogens is 236 g/mol. The summed E-state index contributed by atoms with van der Waals surface area (Å²) < 4.78 is 10.9. The van der Waals surface area contributed by atoms with Gasteiger partial charge >= 0.3 is 0 Å². The molecular formula is C17H26O2. The molecule has 19 heavy (non-hydrogen) atoms. The van der Waals surface area contributed by atoms with Gasteiger partial charge in [0, 0.05) is 12.2 Å². The normalized spacial score (nSPS) is 11.4. The quantitative estimate of drug-likeness (QED) is 0.637. The van der Waals surface area contributed by atoms with Crippen LogP contribution < -0.4 is 4.74 Å². The van der Waals surface area contributed by atoms with Crippen molar-refractivity contribution in [2.24, 2.45) is 0 Å². The molecule has 1 aromatic rings. The Morgan fingerprint density at radius 2 is 2.00 bits per heavy atom. The highest BCUT2D eigenvalue weighted by molar-refractivity contribution is 5.58. The van der Waals surface area contributed by atoms with Crippen molar-refractivity contribution in [1.29, 1.82) is 0 Å². The third-order valence-corrected chi connectivity index (χ3v) is 2.90. The summed E-state index contributed by atoms with van der Waals surface area (Å²) in [4.78, 5) is 0. The molecule has 2 nitrogen and oxygen atoms in total. The zero-order valence-corrected chi connectivity index (χ0v) is 12.6. The van der Waals surface area contributed by atoms with Gasteiger partial charge in [0.25, 0.3) is 0 Å². The first-order valence-corrected chi connectivity index (χ1v) is 7.06. The zero-order chi connectivity index (χ0) is 14.1. The van der Waals surface area contributed by atoms with Gasteiger partial charge in [-0.1, -0.05) is 23.8 Å². The zero-order valence-electron chi connectivity index (χ0n) is 12.6. The molecule has 0 radical (unpaired) electrons. The number of aryl methyl sites for hydroxylation is 1. The summed E-state index contributed by atoms with van der Waals surface area (Å²) in [6.45, 7) is 7.10. The largest absolute Gasteiger partial charge is 0.496 e. The molecule has 0 aliphatic carbocycles. The highest BCUT2D eigenvalue weighted by Crippen LogP contribution is 2.21. The molecule has 0 aliphatic heterocycles. The van der Waals surface area contributed by atoms with Crippen LogP contribution >= 0.6 is 0 Å². The highest BCUT2D eigenvalue weighted by atomic mass is 16.5. The van der Waals surface area contributed by atoms with Crippen LogP contribution in [0.5, 0.6) is 5.75 Å². The number of methoxy groups -OCH3 is 1. The maximum atomic E-state index is 5.51. The first-order valence-electron chi connectivity index (χ1n) is 7.06. The van der Waals surface area contributed by atoms with Crippen molar-refractivity contribution in [2.75, 3.05) is 13.7 Å². The molecule has 0 spiro atoms. The van der Waals surface area contributed by atoms with E-state index in [1.807, 2.05) is 6.07 Å². The molecule has 0 N–H and O–H groups in total. The molecule has 0 heterocycles. The van der Waals surface area contributed by atoms with Crippen molar-refractivity contribution in [3.05, 3.63) is 35.4 Å². The highest BCUT2D eigenvalue weighted by Gasteiger charge is 1.98. The van der Waals surface area contributed by atoms with Crippen LogP contribution in [0.3, 0.4) is 0 Å². The number of hydrogen-bond acceptors (Lipinski definition) is 2. The average Bonchev–Trinajstić information content (AvgIpc) is 2.37. The summed E-state index contributed by atoms with van der Waals surface area (Å²) in [6, 6.07) is 6.24. The van der Waals surface area contributed by atoms with Gasteiger partial charge in [0.15, 0.2) is 0 Å². The molecule has 0 unspecified atom stereocenters. The number of benzene rings is 1. The molecule has 106 valence electrons. The van der Waals surface area contributed by atoms with E-state index in [9.17, 15) is 0 Å². The van der Waals surface area contributed by atoms with Crippen molar-refractivity contribution in [3.63, 3.8) is 0 Å². The first-order chi connectivity index (χ1) is 9.13. The minimum atomic E-state index is 0.340. The predicted octanol–water partition coefficient (Wildman–Crippen LogP) is 4.61. The van der Waals surface area contributed by atoms with Gasteiger partial charge in [-0.05, 0) is 52.2 Å². The Hall–Kier alpha value is -1.28. The van der Waals surface area contributed by atoms with Gasteiger partial charge in [0.2, 0.25) is 0 Å². The van der Waals surface area contributed by atoms with Crippen molar-refractivity contribution < 1.29 is 9.47 Å². The van der Waals surface area contributed by atoms with Crippen LogP contribution in [-0.4, -0.2) is 19.8 Å². The minimum absolute atomic E-state index is 0.340. The summed E-state index contributed by atoms with van der Waals surface area (Å²) >= 11 is 0. The maximum Gasteiger partial charge on any atom is 0.126 e. The van der Waals surface area contributed by atoms with Crippen LogP contribution in [-0.2, 0) is 4.74 Å². The Labute approximate surface area is 117 Å². The molecule has 0 bridgehead atoms. The van der Waals surface area contributed by atoms with Crippen molar-refractivity contribution >= 4 is 6.08 Å². The van der Waals surface area contributed by atoms with E-state index in [1.54, 1.807) is 7.11 Å². The summed E-state index contributed by atoms with van der Waals surface area (Å²) in [5.74, 6) is 0.935. The SMILES string of the molecule is COc1ccc(C)cc1/C=C/CCCCOC(C)C. The van der Waals surface area contributed by atoms with E-state index >= 15 is 0 Å². The van der Waals surface area contributed by atoms with Crippen LogP contribution in [0.4, 0.5) is 0 Å². The third-order valence-electron chi connectivity index (χ3n) is 2.90. The number of ether oxygens (including phenoxy) is 2. The van der Waals surface area contributed by atoms with E-state index in [-0.39, 0.29) is 0 Å². The van der Waals surface area contributed by atoms with E-state index < -0.39 is 0 Å². The van der Waals surface area contributed by atoms with Gasteiger partial charge in [-0.3, -0.25) is 0 Å². The minimum Gasteiger partial charge on any atom is -0.496 e. The molecule has 0 fully saturated rings. The fourth-order valence-electron chi connectivity index (χ4n) is 1.88. The molecule has 0 aliphatic rings. The Bertz CT molecular complexity index is 394. The third kappa shape index (κ3) is 6.44. The van der Waals surface area contributed by atoms with Gasteiger partial charge in [-0.2, -0.15) is 0 Å². The molecule has 2 heteroatoms. The van der Waals surface area contributed by atoms with Crippen LogP contribution in [0, 0.1) is 6.92 Å². The lowest BCUT2D eigenvalue weighted by Crippen LogP contribution is -2.03. The fourth-order valence-corrected chi connectivity index (χ4v) is 1.88. The Balaban J connectivity index is 2.34. The van der Waals surface area contributed by atoms with Crippen molar-refractivity contribution in [3.8, 4) is 5.75 Å².